The highest BCUT2D eigenvalue weighted by Crippen LogP contribution is 2.33. The SMILES string of the molecule is COc1ccc(-c2cc(-c3cccc(Br)n3)nc(-c3cccc(Br)n3)c2)cc1.COc1ccc(-c2cc(-c3cccc(N(C)N)n3)nc(-c3cccc(N(C)N)n3)c2)cc1. The molecule has 2 aromatic carbocycles. The standard InChI is InChI=1S/C24H25N7O.C22H15Br2N3O/c1-30(25)23-8-4-6-19(28-23)21-14-17(16-10-12-18(32-3)13-11-16)15-22(27-21)20-7-5-9-24(29-20)31(2)26;1-28-16-10-8-14(9-11-16)15-12-19(17-4-2-6-21(23)26-17)25-20(13-15)18-5-3-7-22(24)27-18/h4-15H,25-26H2,1-3H3;2-13H,1H3. The Morgan fingerprint density at radius 1 is 0.383 bits per heavy atom. The fourth-order valence-electron chi connectivity index (χ4n) is 6.11. The maximum absolute atomic E-state index is 5.89. The minimum atomic E-state index is 0.644. The van der Waals surface area contributed by atoms with Gasteiger partial charge in [-0.05, 0) is 151 Å². The number of anilines is 2. The van der Waals surface area contributed by atoms with Crippen LogP contribution in [0, 0.1) is 0 Å². The molecule has 6 aromatic heterocycles. The van der Waals surface area contributed by atoms with Crippen LogP contribution < -0.4 is 31.2 Å². The summed E-state index contributed by atoms with van der Waals surface area (Å²) in [6.07, 6.45) is 0. The Kier molecular flexibility index (Phi) is 13.2. The van der Waals surface area contributed by atoms with Crippen LogP contribution in [0.15, 0.2) is 155 Å². The summed E-state index contributed by atoms with van der Waals surface area (Å²) in [6.45, 7) is 0. The third kappa shape index (κ3) is 10.2. The van der Waals surface area contributed by atoms with Crippen molar-refractivity contribution >= 4 is 43.5 Å². The summed E-state index contributed by atoms with van der Waals surface area (Å²) in [5.41, 5.74) is 10.1. The summed E-state index contributed by atoms with van der Waals surface area (Å²) in [5, 5.41) is 2.94. The van der Waals surface area contributed by atoms with Gasteiger partial charge in [0, 0.05) is 14.1 Å². The summed E-state index contributed by atoms with van der Waals surface area (Å²) >= 11 is 6.88. The van der Waals surface area contributed by atoms with Gasteiger partial charge in [-0.2, -0.15) is 0 Å². The van der Waals surface area contributed by atoms with Crippen molar-refractivity contribution in [3.05, 3.63) is 155 Å². The molecule has 0 spiro atoms. The van der Waals surface area contributed by atoms with Crippen LogP contribution >= 0.6 is 31.9 Å². The van der Waals surface area contributed by atoms with Gasteiger partial charge in [-0.25, -0.2) is 41.6 Å². The van der Waals surface area contributed by atoms with Gasteiger partial charge in [0.2, 0.25) is 0 Å². The minimum absolute atomic E-state index is 0.644. The summed E-state index contributed by atoms with van der Waals surface area (Å²) in [4.78, 5) is 28.1. The lowest BCUT2D eigenvalue weighted by Gasteiger charge is -2.14. The number of aromatic nitrogens is 6. The van der Waals surface area contributed by atoms with E-state index in [1.54, 1.807) is 28.3 Å². The monoisotopic (exact) mass is 922 g/mol. The molecule has 8 rings (SSSR count). The molecule has 12 nitrogen and oxygen atoms in total. The third-order valence-electron chi connectivity index (χ3n) is 9.17. The average molecular weight is 925 g/mol. The van der Waals surface area contributed by atoms with Crippen molar-refractivity contribution in [2.75, 3.05) is 38.3 Å². The molecule has 0 fully saturated rings. The Bertz CT molecular complexity index is 2600. The maximum atomic E-state index is 5.89. The van der Waals surface area contributed by atoms with E-state index in [-0.39, 0.29) is 0 Å². The number of ether oxygens (including phenoxy) is 2. The van der Waals surface area contributed by atoms with Crippen LogP contribution in [0.3, 0.4) is 0 Å². The largest absolute Gasteiger partial charge is 0.497 e. The van der Waals surface area contributed by atoms with E-state index in [4.69, 9.17) is 31.1 Å². The molecule has 4 N–H and O–H groups in total. The first-order valence-electron chi connectivity index (χ1n) is 18.6. The predicted octanol–water partition coefficient (Wildman–Crippen LogP) is 9.91. The molecule has 14 heteroatoms. The number of nitrogens with zero attached hydrogens (tertiary/aromatic N) is 8. The molecule has 0 radical (unpaired) electrons. The molecular formula is C46H40Br2N10O2. The van der Waals surface area contributed by atoms with Gasteiger partial charge in [-0.3, -0.25) is 10.0 Å². The van der Waals surface area contributed by atoms with Crippen LogP contribution in [0.1, 0.15) is 0 Å². The van der Waals surface area contributed by atoms with E-state index in [0.29, 0.717) is 34.4 Å². The Hall–Kier alpha value is -6.58. The second-order valence-corrected chi connectivity index (χ2v) is 15.0. The zero-order valence-electron chi connectivity index (χ0n) is 33.2. The lowest BCUT2D eigenvalue weighted by molar-refractivity contribution is 0.415. The van der Waals surface area contributed by atoms with Crippen LogP contribution in [0.5, 0.6) is 11.5 Å². The van der Waals surface area contributed by atoms with Crippen molar-refractivity contribution in [2.45, 2.75) is 0 Å². The molecule has 8 aromatic rings. The highest BCUT2D eigenvalue weighted by Gasteiger charge is 2.14. The number of halogens is 2. The molecule has 0 bridgehead atoms. The van der Waals surface area contributed by atoms with Crippen molar-refractivity contribution in [3.63, 3.8) is 0 Å². The molecule has 0 unspecified atom stereocenters. The van der Waals surface area contributed by atoms with Gasteiger partial charge < -0.3 is 9.47 Å². The van der Waals surface area contributed by atoms with Crippen molar-refractivity contribution in [1.29, 1.82) is 0 Å². The number of methoxy groups -OCH3 is 2. The first-order valence-corrected chi connectivity index (χ1v) is 20.2. The summed E-state index contributed by atoms with van der Waals surface area (Å²) in [7, 11) is 6.81. The first-order chi connectivity index (χ1) is 29.1. The quantitative estimate of drug-likeness (QED) is 0.0762. The van der Waals surface area contributed by atoms with Gasteiger partial charge in [0.1, 0.15) is 32.3 Å². The molecule has 60 heavy (non-hydrogen) atoms. The second-order valence-electron chi connectivity index (χ2n) is 13.4. The zero-order valence-corrected chi connectivity index (χ0v) is 36.3. The minimum Gasteiger partial charge on any atom is -0.497 e. The van der Waals surface area contributed by atoms with Crippen molar-refractivity contribution in [1.82, 2.24) is 29.9 Å². The number of rotatable bonds is 10. The number of benzene rings is 2. The van der Waals surface area contributed by atoms with Gasteiger partial charge in [-0.1, -0.05) is 48.5 Å². The van der Waals surface area contributed by atoms with Crippen LogP contribution in [0.4, 0.5) is 11.6 Å². The van der Waals surface area contributed by atoms with Crippen molar-refractivity contribution in [3.8, 4) is 79.3 Å². The molecule has 0 aliphatic rings. The van der Waals surface area contributed by atoms with Crippen LogP contribution in [-0.4, -0.2) is 58.2 Å². The fourth-order valence-corrected chi connectivity index (χ4v) is 6.80. The summed E-state index contributed by atoms with van der Waals surface area (Å²) < 4.78 is 12.1. The van der Waals surface area contributed by atoms with E-state index in [0.717, 1.165) is 65.7 Å². The van der Waals surface area contributed by atoms with Crippen molar-refractivity contribution in [2.24, 2.45) is 11.7 Å². The van der Waals surface area contributed by atoms with Gasteiger partial charge in [0.05, 0.1) is 59.8 Å². The molecule has 0 saturated heterocycles. The molecule has 0 atom stereocenters. The molecular weight excluding hydrogens is 884 g/mol. The van der Waals surface area contributed by atoms with Crippen molar-refractivity contribution < 1.29 is 9.47 Å². The summed E-state index contributed by atoms with van der Waals surface area (Å²) in [5.74, 6) is 14.7. The lowest BCUT2D eigenvalue weighted by atomic mass is 10.0. The smallest absolute Gasteiger partial charge is 0.143 e. The van der Waals surface area contributed by atoms with Gasteiger partial charge >= 0.3 is 0 Å². The van der Waals surface area contributed by atoms with E-state index in [2.05, 4.69) is 51.8 Å². The van der Waals surface area contributed by atoms with E-state index in [1.807, 2.05) is 146 Å². The van der Waals surface area contributed by atoms with Crippen LogP contribution in [0.25, 0.3) is 67.8 Å². The number of pyridine rings is 6. The first kappa shape index (κ1) is 41.6. The van der Waals surface area contributed by atoms with E-state index in [9.17, 15) is 0 Å². The van der Waals surface area contributed by atoms with Gasteiger partial charge in [-0.15, -0.1) is 0 Å². The number of nitrogens with two attached hydrogens (primary N) is 2. The Morgan fingerprint density at radius 2 is 0.700 bits per heavy atom. The number of hydrogen-bond donors (Lipinski definition) is 2. The summed E-state index contributed by atoms with van der Waals surface area (Å²) in [6, 6.07) is 46.9. The zero-order chi connectivity index (χ0) is 42.2. The molecule has 6 heterocycles. The van der Waals surface area contributed by atoms with Gasteiger partial charge in [0.15, 0.2) is 0 Å². The van der Waals surface area contributed by atoms with Gasteiger partial charge in [0.25, 0.3) is 0 Å². The second kappa shape index (κ2) is 19.0. The third-order valence-corrected chi connectivity index (χ3v) is 10.1. The number of hydrogen-bond acceptors (Lipinski definition) is 12. The predicted molar refractivity (Wildman–Crippen MR) is 246 cm³/mol. The molecule has 0 saturated carbocycles. The Morgan fingerprint density at radius 3 is 1.00 bits per heavy atom. The van der Waals surface area contributed by atoms with E-state index >= 15 is 0 Å². The lowest BCUT2D eigenvalue weighted by Crippen LogP contribution is -2.26. The van der Waals surface area contributed by atoms with E-state index < -0.39 is 0 Å². The Labute approximate surface area is 365 Å². The fraction of sp³-hybridized carbons (Fsp3) is 0.0870. The topological polar surface area (TPSA) is 154 Å². The maximum Gasteiger partial charge on any atom is 0.143 e. The highest BCUT2D eigenvalue weighted by molar-refractivity contribution is 9.10. The van der Waals surface area contributed by atoms with Crippen LogP contribution in [0.2, 0.25) is 0 Å². The average Bonchev–Trinajstić information content (AvgIpc) is 3.29. The normalized spacial score (nSPS) is 10.7. The van der Waals surface area contributed by atoms with E-state index in [1.165, 1.54) is 10.0 Å². The van der Waals surface area contributed by atoms with Crippen LogP contribution in [-0.2, 0) is 0 Å². The molecule has 0 aliphatic heterocycles. The molecule has 0 amide bonds. The molecule has 300 valence electrons. The highest BCUT2D eigenvalue weighted by atomic mass is 79.9. The Balaban J connectivity index is 0.000000183. The number of hydrazine groups is 2. The molecule has 0 aliphatic carbocycles.